The minimum Gasteiger partial charge on any atom is -0.459 e. The SMILES string of the molecule is O=C(c1ccco1)N1CCN(C(=O)c2nnn(-c3ccccc3)c2CSc2ncccn2)CC1. The molecule has 0 N–H and O–H groups in total. The van der Waals surface area contributed by atoms with Gasteiger partial charge < -0.3 is 14.2 Å². The van der Waals surface area contributed by atoms with Gasteiger partial charge >= 0.3 is 0 Å². The molecule has 1 aliphatic heterocycles. The molecule has 1 fully saturated rings. The standard InChI is InChI=1S/C23H21N7O3S/c31-21(19-8-4-15-33-19)28-11-13-29(14-12-28)22(32)20-18(16-34-23-24-9-5-10-25-23)30(27-26-20)17-6-2-1-3-7-17/h1-10,15H,11-14,16H2. The molecule has 172 valence electrons. The lowest BCUT2D eigenvalue weighted by molar-refractivity contribution is 0.0514. The number of benzene rings is 1. The van der Waals surface area contributed by atoms with Gasteiger partial charge in [-0.2, -0.15) is 0 Å². The third-order valence-electron chi connectivity index (χ3n) is 5.43. The van der Waals surface area contributed by atoms with Gasteiger partial charge in [-0.15, -0.1) is 5.10 Å². The fourth-order valence-corrected chi connectivity index (χ4v) is 4.48. The molecule has 34 heavy (non-hydrogen) atoms. The molecule has 2 amide bonds. The molecule has 5 rings (SSSR count). The molecule has 4 heterocycles. The zero-order chi connectivity index (χ0) is 23.3. The molecule has 10 nitrogen and oxygen atoms in total. The number of para-hydroxylation sites is 1. The summed E-state index contributed by atoms with van der Waals surface area (Å²) in [5, 5.41) is 9.13. The maximum Gasteiger partial charge on any atom is 0.289 e. The minimum absolute atomic E-state index is 0.174. The van der Waals surface area contributed by atoms with Crippen molar-refractivity contribution in [1.82, 2.24) is 34.8 Å². The summed E-state index contributed by atoms with van der Waals surface area (Å²) < 4.78 is 6.89. The molecule has 0 spiro atoms. The molecular formula is C23H21N7O3S. The summed E-state index contributed by atoms with van der Waals surface area (Å²) in [5.74, 6) is 0.334. The average molecular weight is 476 g/mol. The van der Waals surface area contributed by atoms with Crippen LogP contribution in [0.3, 0.4) is 0 Å². The first kappa shape index (κ1) is 21.8. The van der Waals surface area contributed by atoms with Gasteiger partial charge in [0.25, 0.3) is 11.8 Å². The lowest BCUT2D eigenvalue weighted by Crippen LogP contribution is -2.50. The number of hydrogen-bond donors (Lipinski definition) is 0. The van der Waals surface area contributed by atoms with Crippen LogP contribution in [0.1, 0.15) is 26.7 Å². The molecule has 4 aromatic rings. The predicted molar refractivity (Wildman–Crippen MR) is 123 cm³/mol. The molecular weight excluding hydrogens is 454 g/mol. The summed E-state index contributed by atoms with van der Waals surface area (Å²) in [7, 11) is 0. The van der Waals surface area contributed by atoms with E-state index in [0.29, 0.717) is 48.5 Å². The van der Waals surface area contributed by atoms with Crippen LogP contribution in [-0.2, 0) is 5.75 Å². The number of carbonyl (C=O) groups excluding carboxylic acids is 2. The molecule has 11 heteroatoms. The van der Waals surface area contributed by atoms with E-state index in [4.69, 9.17) is 4.42 Å². The van der Waals surface area contributed by atoms with Crippen LogP contribution in [0.15, 0.2) is 76.8 Å². The maximum atomic E-state index is 13.4. The van der Waals surface area contributed by atoms with E-state index in [2.05, 4.69) is 20.3 Å². The molecule has 0 unspecified atom stereocenters. The molecule has 1 aromatic carbocycles. The van der Waals surface area contributed by atoms with Crippen LogP contribution >= 0.6 is 11.8 Å². The van der Waals surface area contributed by atoms with Crippen molar-refractivity contribution in [3.63, 3.8) is 0 Å². The number of hydrogen-bond acceptors (Lipinski definition) is 8. The van der Waals surface area contributed by atoms with Crippen molar-refractivity contribution < 1.29 is 14.0 Å². The van der Waals surface area contributed by atoms with E-state index in [-0.39, 0.29) is 17.5 Å². The lowest BCUT2D eigenvalue weighted by atomic mass is 10.2. The van der Waals surface area contributed by atoms with Crippen LogP contribution < -0.4 is 0 Å². The smallest absolute Gasteiger partial charge is 0.289 e. The van der Waals surface area contributed by atoms with E-state index in [9.17, 15) is 9.59 Å². The van der Waals surface area contributed by atoms with Crippen molar-refractivity contribution in [2.45, 2.75) is 10.9 Å². The monoisotopic (exact) mass is 475 g/mol. The van der Waals surface area contributed by atoms with Crippen LogP contribution in [0.2, 0.25) is 0 Å². The number of rotatable bonds is 6. The van der Waals surface area contributed by atoms with Crippen LogP contribution in [0.25, 0.3) is 5.69 Å². The van der Waals surface area contributed by atoms with Crippen LogP contribution in [0.4, 0.5) is 0 Å². The third kappa shape index (κ3) is 4.55. The highest BCUT2D eigenvalue weighted by atomic mass is 32.2. The molecule has 0 bridgehead atoms. The fraction of sp³-hybridized carbons (Fsp3) is 0.217. The van der Waals surface area contributed by atoms with Gasteiger partial charge in [-0.3, -0.25) is 9.59 Å². The first-order chi connectivity index (χ1) is 16.7. The van der Waals surface area contributed by atoms with E-state index >= 15 is 0 Å². The quantitative estimate of drug-likeness (QED) is 0.309. The molecule has 3 aromatic heterocycles. The zero-order valence-electron chi connectivity index (χ0n) is 18.1. The van der Waals surface area contributed by atoms with Crippen LogP contribution in [0.5, 0.6) is 0 Å². The lowest BCUT2D eigenvalue weighted by Gasteiger charge is -2.34. The summed E-state index contributed by atoms with van der Waals surface area (Å²) in [6, 6.07) is 14.6. The second kappa shape index (κ2) is 9.87. The number of carbonyl (C=O) groups is 2. The van der Waals surface area contributed by atoms with Gasteiger partial charge in [0, 0.05) is 44.3 Å². The van der Waals surface area contributed by atoms with Crippen molar-refractivity contribution >= 4 is 23.6 Å². The number of piperazine rings is 1. The summed E-state index contributed by atoms with van der Waals surface area (Å²) in [5.41, 5.74) is 1.77. The topological polar surface area (TPSA) is 110 Å². The number of thioether (sulfide) groups is 1. The Labute approximate surface area is 199 Å². The minimum atomic E-state index is -0.211. The van der Waals surface area contributed by atoms with Gasteiger partial charge in [0.05, 0.1) is 17.6 Å². The Balaban J connectivity index is 1.34. The Kier molecular flexibility index (Phi) is 6.34. The summed E-state index contributed by atoms with van der Waals surface area (Å²) in [6.07, 6.45) is 4.83. The Hall–Kier alpha value is -3.99. The van der Waals surface area contributed by atoms with E-state index in [1.54, 1.807) is 45.1 Å². The number of aromatic nitrogens is 5. The fourth-order valence-electron chi connectivity index (χ4n) is 3.69. The van der Waals surface area contributed by atoms with Crippen molar-refractivity contribution in [3.05, 3.63) is 84.3 Å². The summed E-state index contributed by atoms with van der Waals surface area (Å²) in [4.78, 5) is 37.9. The summed E-state index contributed by atoms with van der Waals surface area (Å²) >= 11 is 1.41. The Morgan fingerprint density at radius 2 is 1.59 bits per heavy atom. The normalized spacial score (nSPS) is 13.8. The van der Waals surface area contributed by atoms with E-state index in [1.807, 2.05) is 30.3 Å². The highest BCUT2D eigenvalue weighted by Gasteiger charge is 2.30. The first-order valence-corrected chi connectivity index (χ1v) is 11.7. The average Bonchev–Trinajstić information content (AvgIpc) is 3.58. The molecule has 1 aliphatic rings. The van der Waals surface area contributed by atoms with Gasteiger partial charge in [-0.1, -0.05) is 35.2 Å². The predicted octanol–water partition coefficient (Wildman–Crippen LogP) is 2.54. The number of nitrogens with zero attached hydrogens (tertiary/aromatic N) is 7. The third-order valence-corrected chi connectivity index (χ3v) is 6.32. The van der Waals surface area contributed by atoms with Crippen molar-refractivity contribution in [2.24, 2.45) is 0 Å². The van der Waals surface area contributed by atoms with Crippen molar-refractivity contribution in [1.29, 1.82) is 0 Å². The highest BCUT2D eigenvalue weighted by Crippen LogP contribution is 2.24. The van der Waals surface area contributed by atoms with Crippen LogP contribution in [-0.4, -0.2) is 72.8 Å². The zero-order valence-corrected chi connectivity index (χ0v) is 19.0. The van der Waals surface area contributed by atoms with Gasteiger partial charge in [0.15, 0.2) is 16.6 Å². The maximum absolute atomic E-state index is 13.4. The molecule has 0 saturated carbocycles. The molecule has 0 radical (unpaired) electrons. The number of amides is 2. The van der Waals surface area contributed by atoms with Gasteiger partial charge in [-0.05, 0) is 30.3 Å². The Morgan fingerprint density at radius 1 is 0.882 bits per heavy atom. The molecule has 1 saturated heterocycles. The van der Waals surface area contributed by atoms with E-state index in [0.717, 1.165) is 5.69 Å². The van der Waals surface area contributed by atoms with Gasteiger partial charge in [0.1, 0.15) is 0 Å². The first-order valence-electron chi connectivity index (χ1n) is 10.7. The second-order valence-electron chi connectivity index (χ2n) is 7.51. The van der Waals surface area contributed by atoms with Gasteiger partial charge in [0.2, 0.25) is 0 Å². The number of furan rings is 1. The molecule has 0 aliphatic carbocycles. The highest BCUT2D eigenvalue weighted by molar-refractivity contribution is 7.98. The molecule has 0 atom stereocenters. The van der Waals surface area contributed by atoms with Gasteiger partial charge in [-0.25, -0.2) is 14.6 Å². The summed E-state index contributed by atoms with van der Waals surface area (Å²) in [6.45, 7) is 1.63. The van der Waals surface area contributed by atoms with Crippen LogP contribution in [0, 0.1) is 0 Å². The van der Waals surface area contributed by atoms with E-state index < -0.39 is 0 Å². The second-order valence-corrected chi connectivity index (χ2v) is 8.46. The van der Waals surface area contributed by atoms with E-state index in [1.165, 1.54) is 18.0 Å². The Bertz CT molecular complexity index is 1250. The Morgan fingerprint density at radius 3 is 2.26 bits per heavy atom. The largest absolute Gasteiger partial charge is 0.459 e. The van der Waals surface area contributed by atoms with Crippen molar-refractivity contribution in [2.75, 3.05) is 26.2 Å². The van der Waals surface area contributed by atoms with Crippen molar-refractivity contribution in [3.8, 4) is 5.69 Å².